The van der Waals surface area contributed by atoms with E-state index < -0.39 is 0 Å². The summed E-state index contributed by atoms with van der Waals surface area (Å²) < 4.78 is 19.8. The predicted molar refractivity (Wildman–Crippen MR) is 109 cm³/mol. The molecule has 27 heavy (non-hydrogen) atoms. The van der Waals surface area contributed by atoms with Crippen molar-refractivity contribution in [1.82, 2.24) is 0 Å². The molecule has 1 saturated heterocycles. The second-order valence-electron chi connectivity index (χ2n) is 6.48. The van der Waals surface area contributed by atoms with E-state index in [1.807, 2.05) is 59.5 Å². The van der Waals surface area contributed by atoms with E-state index in [0.717, 1.165) is 29.9 Å². The van der Waals surface area contributed by atoms with Crippen molar-refractivity contribution >= 4 is 17.6 Å². The van der Waals surface area contributed by atoms with Crippen LogP contribution in [0.1, 0.15) is 5.56 Å². The third-order valence-electron chi connectivity index (χ3n) is 4.66. The molecule has 0 bridgehead atoms. The highest BCUT2D eigenvalue weighted by Crippen LogP contribution is 2.23. The normalized spacial score (nSPS) is 14.6. The van der Waals surface area contributed by atoms with Gasteiger partial charge in [-0.05, 0) is 41.0 Å². The van der Waals surface area contributed by atoms with Crippen LogP contribution in [-0.2, 0) is 4.74 Å². The standard InChI is InChI=1S/C23H21FN2O/c24-22-16-18(6-11-23(22)26-12-14-27-15-13-26)17-25-21-9-7-20(8-10-21)19-4-2-1-3-5-19/h1-11,16-17H,12-15H2. The smallest absolute Gasteiger partial charge is 0.147 e. The Morgan fingerprint density at radius 1 is 0.852 bits per heavy atom. The van der Waals surface area contributed by atoms with Crippen LogP contribution in [0.2, 0.25) is 0 Å². The third-order valence-corrected chi connectivity index (χ3v) is 4.66. The van der Waals surface area contributed by atoms with Gasteiger partial charge in [-0.2, -0.15) is 0 Å². The summed E-state index contributed by atoms with van der Waals surface area (Å²) in [5, 5.41) is 0. The van der Waals surface area contributed by atoms with E-state index in [1.54, 1.807) is 6.21 Å². The zero-order chi connectivity index (χ0) is 18.5. The van der Waals surface area contributed by atoms with Crippen molar-refractivity contribution in [2.75, 3.05) is 31.2 Å². The molecular formula is C23H21FN2O. The number of hydrogen-bond donors (Lipinski definition) is 0. The number of nitrogens with zero attached hydrogens (tertiary/aromatic N) is 2. The van der Waals surface area contributed by atoms with Gasteiger partial charge < -0.3 is 9.64 Å². The van der Waals surface area contributed by atoms with Crippen LogP contribution in [0.15, 0.2) is 77.8 Å². The van der Waals surface area contributed by atoms with E-state index in [-0.39, 0.29) is 5.82 Å². The first kappa shape index (κ1) is 17.4. The van der Waals surface area contributed by atoms with E-state index >= 15 is 0 Å². The number of ether oxygens (including phenoxy) is 1. The van der Waals surface area contributed by atoms with Crippen LogP contribution >= 0.6 is 0 Å². The van der Waals surface area contributed by atoms with Gasteiger partial charge in [-0.1, -0.05) is 48.5 Å². The van der Waals surface area contributed by atoms with Gasteiger partial charge in [0.1, 0.15) is 5.82 Å². The van der Waals surface area contributed by atoms with Crippen molar-refractivity contribution in [1.29, 1.82) is 0 Å². The number of morpholine rings is 1. The van der Waals surface area contributed by atoms with Gasteiger partial charge in [0.25, 0.3) is 0 Å². The molecule has 1 aliphatic heterocycles. The first-order chi connectivity index (χ1) is 13.3. The second kappa shape index (κ2) is 8.14. The predicted octanol–water partition coefficient (Wildman–Crippen LogP) is 5.08. The summed E-state index contributed by atoms with van der Waals surface area (Å²) in [5.41, 5.74) is 4.54. The molecule has 0 radical (unpaired) electrons. The summed E-state index contributed by atoms with van der Waals surface area (Å²) in [7, 11) is 0. The highest BCUT2D eigenvalue weighted by Gasteiger charge is 2.14. The highest BCUT2D eigenvalue weighted by molar-refractivity contribution is 5.83. The Kier molecular flexibility index (Phi) is 5.26. The van der Waals surface area contributed by atoms with Crippen LogP contribution < -0.4 is 4.90 Å². The molecule has 0 atom stereocenters. The molecule has 3 nitrogen and oxygen atoms in total. The van der Waals surface area contributed by atoms with Crippen LogP contribution in [0, 0.1) is 5.82 Å². The molecule has 0 saturated carbocycles. The van der Waals surface area contributed by atoms with E-state index in [1.165, 1.54) is 11.6 Å². The Balaban J connectivity index is 1.47. The average molecular weight is 360 g/mol. The highest BCUT2D eigenvalue weighted by atomic mass is 19.1. The third kappa shape index (κ3) is 4.23. The van der Waals surface area contributed by atoms with Crippen molar-refractivity contribution in [3.05, 3.63) is 84.2 Å². The van der Waals surface area contributed by atoms with E-state index in [4.69, 9.17) is 4.74 Å². The molecule has 0 aromatic heterocycles. The lowest BCUT2D eigenvalue weighted by Gasteiger charge is -2.29. The molecule has 4 rings (SSSR count). The first-order valence-electron chi connectivity index (χ1n) is 9.11. The Morgan fingerprint density at radius 3 is 2.26 bits per heavy atom. The largest absolute Gasteiger partial charge is 0.378 e. The summed E-state index contributed by atoms with van der Waals surface area (Å²) in [6.07, 6.45) is 1.70. The SMILES string of the molecule is Fc1cc(C=Nc2ccc(-c3ccccc3)cc2)ccc1N1CCOCC1. The number of rotatable bonds is 4. The summed E-state index contributed by atoms with van der Waals surface area (Å²) in [6.45, 7) is 2.72. The first-order valence-corrected chi connectivity index (χ1v) is 9.11. The molecule has 1 aliphatic rings. The molecule has 0 unspecified atom stereocenters. The van der Waals surface area contributed by atoms with Gasteiger partial charge in [0.05, 0.1) is 24.6 Å². The Hall–Kier alpha value is -2.98. The maximum Gasteiger partial charge on any atom is 0.147 e. The zero-order valence-electron chi connectivity index (χ0n) is 15.0. The summed E-state index contributed by atoms with van der Waals surface area (Å²) in [4.78, 5) is 6.49. The minimum atomic E-state index is -0.222. The fourth-order valence-corrected chi connectivity index (χ4v) is 3.18. The molecule has 0 spiro atoms. The lowest BCUT2D eigenvalue weighted by atomic mass is 10.1. The summed E-state index contributed by atoms with van der Waals surface area (Å²) >= 11 is 0. The van der Waals surface area contributed by atoms with Crippen LogP contribution in [0.3, 0.4) is 0 Å². The van der Waals surface area contributed by atoms with Crippen molar-refractivity contribution in [3.8, 4) is 11.1 Å². The van der Waals surface area contributed by atoms with E-state index in [0.29, 0.717) is 18.9 Å². The maximum atomic E-state index is 14.5. The van der Waals surface area contributed by atoms with Gasteiger partial charge in [-0.3, -0.25) is 4.99 Å². The Bertz CT molecular complexity index is 917. The molecule has 1 heterocycles. The zero-order valence-corrected chi connectivity index (χ0v) is 15.0. The number of benzene rings is 3. The molecule has 3 aromatic carbocycles. The van der Waals surface area contributed by atoms with Crippen molar-refractivity contribution in [2.24, 2.45) is 4.99 Å². The number of hydrogen-bond acceptors (Lipinski definition) is 3. The molecule has 136 valence electrons. The quantitative estimate of drug-likeness (QED) is 0.606. The topological polar surface area (TPSA) is 24.8 Å². The second-order valence-corrected chi connectivity index (χ2v) is 6.48. The molecule has 0 aliphatic carbocycles. The minimum Gasteiger partial charge on any atom is -0.378 e. The van der Waals surface area contributed by atoms with Gasteiger partial charge in [-0.25, -0.2) is 4.39 Å². The Morgan fingerprint density at radius 2 is 1.56 bits per heavy atom. The molecule has 0 amide bonds. The van der Waals surface area contributed by atoms with Crippen molar-refractivity contribution in [3.63, 3.8) is 0 Å². The molecule has 3 aromatic rings. The molecule has 0 N–H and O–H groups in total. The van der Waals surface area contributed by atoms with Crippen molar-refractivity contribution < 1.29 is 9.13 Å². The summed E-state index contributed by atoms with van der Waals surface area (Å²) in [6, 6.07) is 23.5. The fraction of sp³-hybridized carbons (Fsp3) is 0.174. The molecule has 4 heteroatoms. The average Bonchev–Trinajstić information content (AvgIpc) is 2.74. The summed E-state index contributed by atoms with van der Waals surface area (Å²) in [5.74, 6) is -0.222. The lowest BCUT2D eigenvalue weighted by Crippen LogP contribution is -2.36. The van der Waals surface area contributed by atoms with Crippen LogP contribution in [0.25, 0.3) is 11.1 Å². The van der Waals surface area contributed by atoms with Gasteiger partial charge >= 0.3 is 0 Å². The van der Waals surface area contributed by atoms with Gasteiger partial charge in [0.15, 0.2) is 0 Å². The van der Waals surface area contributed by atoms with E-state index in [2.05, 4.69) is 17.1 Å². The minimum absolute atomic E-state index is 0.222. The van der Waals surface area contributed by atoms with Gasteiger partial charge in [-0.15, -0.1) is 0 Å². The number of halogens is 1. The fourth-order valence-electron chi connectivity index (χ4n) is 3.18. The van der Waals surface area contributed by atoms with Crippen LogP contribution in [0.5, 0.6) is 0 Å². The Labute approximate surface area is 158 Å². The van der Waals surface area contributed by atoms with Crippen molar-refractivity contribution in [2.45, 2.75) is 0 Å². The number of anilines is 1. The van der Waals surface area contributed by atoms with Gasteiger partial charge in [0, 0.05) is 19.3 Å². The van der Waals surface area contributed by atoms with Crippen LogP contribution in [-0.4, -0.2) is 32.5 Å². The lowest BCUT2D eigenvalue weighted by molar-refractivity contribution is 0.122. The van der Waals surface area contributed by atoms with E-state index in [9.17, 15) is 4.39 Å². The van der Waals surface area contributed by atoms with Crippen LogP contribution in [0.4, 0.5) is 15.8 Å². The monoisotopic (exact) mass is 360 g/mol. The number of aliphatic imine (C=N–C) groups is 1. The molecule has 1 fully saturated rings. The molecular weight excluding hydrogens is 339 g/mol. The maximum absolute atomic E-state index is 14.5. The van der Waals surface area contributed by atoms with Gasteiger partial charge in [0.2, 0.25) is 0 Å².